The number of imidazole rings is 1. The second-order valence-electron chi connectivity index (χ2n) is 3.97. The molecule has 8 heteroatoms. The molecule has 0 aliphatic rings. The van der Waals surface area contributed by atoms with Crippen molar-refractivity contribution in [3.63, 3.8) is 0 Å². The smallest absolute Gasteiger partial charge is 0.281 e. The fourth-order valence-electron chi connectivity index (χ4n) is 1.43. The number of hydrogen-bond donors (Lipinski definition) is 1. The molecular weight excluding hydrogens is 293 g/mol. The number of nitrogens with zero attached hydrogens (tertiary/aromatic N) is 2. The van der Waals surface area contributed by atoms with Gasteiger partial charge in [0.05, 0.1) is 10.7 Å². The normalized spacial score (nSPS) is 11.6. The Bertz CT molecular complexity index is 708. The second kappa shape index (κ2) is 4.82. The average Bonchev–Trinajstić information content (AvgIpc) is 2.64. The van der Waals surface area contributed by atoms with Crippen molar-refractivity contribution in [1.82, 2.24) is 9.55 Å². The molecule has 2 rings (SSSR count). The van der Waals surface area contributed by atoms with Gasteiger partial charge in [0.2, 0.25) is 0 Å². The summed E-state index contributed by atoms with van der Waals surface area (Å²) in [6.45, 7) is 1.68. The van der Waals surface area contributed by atoms with Crippen LogP contribution in [0, 0.1) is 12.7 Å². The van der Waals surface area contributed by atoms with Gasteiger partial charge in [0.1, 0.15) is 11.6 Å². The van der Waals surface area contributed by atoms with Gasteiger partial charge in [-0.2, -0.15) is 8.42 Å². The third kappa shape index (κ3) is 2.87. The molecule has 19 heavy (non-hydrogen) atoms. The van der Waals surface area contributed by atoms with E-state index < -0.39 is 15.8 Å². The van der Waals surface area contributed by atoms with E-state index in [9.17, 15) is 12.8 Å². The van der Waals surface area contributed by atoms with Crippen LogP contribution >= 0.6 is 11.6 Å². The van der Waals surface area contributed by atoms with Crippen LogP contribution in [0.4, 0.5) is 10.1 Å². The van der Waals surface area contributed by atoms with Crippen LogP contribution in [0.1, 0.15) is 5.82 Å². The molecule has 1 aromatic carbocycles. The first-order valence-electron chi connectivity index (χ1n) is 5.27. The molecule has 1 N–H and O–H groups in total. The summed E-state index contributed by atoms with van der Waals surface area (Å²) in [4.78, 5) is 3.92. The first kappa shape index (κ1) is 13.8. The zero-order chi connectivity index (χ0) is 14.2. The van der Waals surface area contributed by atoms with Crippen LogP contribution in [0.25, 0.3) is 0 Å². The highest BCUT2D eigenvalue weighted by Crippen LogP contribution is 2.25. The SMILES string of the molecule is Cc1nc(S(=O)(=O)Nc2ccc(F)cc2Cl)cn1C. The van der Waals surface area contributed by atoms with E-state index in [1.165, 1.54) is 12.3 Å². The first-order valence-corrected chi connectivity index (χ1v) is 7.13. The molecule has 1 heterocycles. The Kier molecular flexibility index (Phi) is 3.51. The molecule has 0 fully saturated rings. The van der Waals surface area contributed by atoms with Crippen molar-refractivity contribution in [2.24, 2.45) is 7.05 Å². The van der Waals surface area contributed by atoms with Gasteiger partial charge >= 0.3 is 0 Å². The van der Waals surface area contributed by atoms with Gasteiger partial charge in [-0.05, 0) is 25.1 Å². The maximum absolute atomic E-state index is 12.9. The topological polar surface area (TPSA) is 64.0 Å². The number of hydrogen-bond acceptors (Lipinski definition) is 3. The quantitative estimate of drug-likeness (QED) is 0.946. The summed E-state index contributed by atoms with van der Waals surface area (Å²) in [5.74, 6) is 0.0206. The highest BCUT2D eigenvalue weighted by Gasteiger charge is 2.19. The lowest BCUT2D eigenvalue weighted by Crippen LogP contribution is -2.13. The lowest BCUT2D eigenvalue weighted by molar-refractivity contribution is 0.597. The van der Waals surface area contributed by atoms with Crippen molar-refractivity contribution in [1.29, 1.82) is 0 Å². The van der Waals surface area contributed by atoms with Gasteiger partial charge in [-0.15, -0.1) is 0 Å². The average molecular weight is 304 g/mol. The molecule has 2 aromatic rings. The number of sulfonamides is 1. The summed E-state index contributed by atoms with van der Waals surface area (Å²) in [5, 5.41) is -0.135. The zero-order valence-electron chi connectivity index (χ0n) is 10.2. The first-order chi connectivity index (χ1) is 8.79. The molecule has 0 aliphatic heterocycles. The molecule has 0 saturated heterocycles. The van der Waals surface area contributed by atoms with Gasteiger partial charge in [0.25, 0.3) is 10.0 Å². The van der Waals surface area contributed by atoms with Gasteiger partial charge in [0, 0.05) is 13.2 Å². The van der Waals surface area contributed by atoms with E-state index >= 15 is 0 Å². The van der Waals surface area contributed by atoms with E-state index in [0.717, 1.165) is 12.1 Å². The van der Waals surface area contributed by atoms with Crippen LogP contribution in [0.15, 0.2) is 29.4 Å². The van der Waals surface area contributed by atoms with E-state index in [1.54, 1.807) is 18.5 Å². The molecule has 0 saturated carbocycles. The van der Waals surface area contributed by atoms with Crippen LogP contribution in [0.3, 0.4) is 0 Å². The van der Waals surface area contributed by atoms with Gasteiger partial charge in [-0.25, -0.2) is 9.37 Å². The fraction of sp³-hybridized carbons (Fsp3) is 0.182. The molecule has 0 spiro atoms. The second-order valence-corrected chi connectivity index (χ2v) is 6.00. The van der Waals surface area contributed by atoms with Crippen molar-refractivity contribution in [2.75, 3.05) is 4.72 Å². The molecular formula is C11H11ClFN3O2S. The summed E-state index contributed by atoms with van der Waals surface area (Å²) in [5.41, 5.74) is 0.103. The number of aryl methyl sites for hydroxylation is 2. The Labute approximate surface area is 115 Å². The number of nitrogens with one attached hydrogen (secondary N) is 1. The largest absolute Gasteiger partial charge is 0.337 e. The molecule has 0 amide bonds. The van der Waals surface area contributed by atoms with Crippen molar-refractivity contribution in [3.05, 3.63) is 41.1 Å². The monoisotopic (exact) mass is 303 g/mol. The predicted octanol–water partition coefficient (Wildman–Crippen LogP) is 2.32. The third-order valence-corrected chi connectivity index (χ3v) is 4.09. The highest BCUT2D eigenvalue weighted by molar-refractivity contribution is 7.92. The summed E-state index contributed by atoms with van der Waals surface area (Å²) in [6.07, 6.45) is 1.38. The van der Waals surface area contributed by atoms with E-state index in [0.29, 0.717) is 5.82 Å². The number of halogens is 2. The molecule has 0 atom stereocenters. The maximum atomic E-state index is 12.9. The Morgan fingerprint density at radius 3 is 2.63 bits per heavy atom. The fourth-order valence-corrected chi connectivity index (χ4v) is 2.82. The predicted molar refractivity (Wildman–Crippen MR) is 70.2 cm³/mol. The Balaban J connectivity index is 2.36. The zero-order valence-corrected chi connectivity index (χ0v) is 11.8. The molecule has 0 bridgehead atoms. The van der Waals surface area contributed by atoms with Crippen LogP contribution in [-0.2, 0) is 17.1 Å². The Morgan fingerprint density at radius 1 is 1.42 bits per heavy atom. The molecule has 0 aliphatic carbocycles. The lowest BCUT2D eigenvalue weighted by atomic mass is 10.3. The number of aromatic nitrogens is 2. The van der Waals surface area contributed by atoms with E-state index in [2.05, 4.69) is 9.71 Å². The van der Waals surface area contributed by atoms with E-state index in [4.69, 9.17) is 11.6 Å². The third-order valence-electron chi connectivity index (χ3n) is 2.54. The van der Waals surface area contributed by atoms with Gasteiger partial charge in [-0.1, -0.05) is 11.6 Å². The van der Waals surface area contributed by atoms with Crippen LogP contribution < -0.4 is 4.72 Å². The molecule has 5 nitrogen and oxygen atoms in total. The molecule has 1 aromatic heterocycles. The minimum absolute atomic E-state index is 0.0174. The minimum Gasteiger partial charge on any atom is -0.337 e. The summed E-state index contributed by atoms with van der Waals surface area (Å²) in [7, 11) is -2.15. The van der Waals surface area contributed by atoms with Crippen LogP contribution in [0.5, 0.6) is 0 Å². The molecule has 0 radical (unpaired) electrons. The summed E-state index contributed by atoms with van der Waals surface area (Å²) >= 11 is 5.77. The highest BCUT2D eigenvalue weighted by atomic mass is 35.5. The maximum Gasteiger partial charge on any atom is 0.281 e. The molecule has 0 unspecified atom stereocenters. The standard InChI is InChI=1S/C11H11ClFN3O2S/c1-7-14-11(6-16(7)2)19(17,18)15-10-4-3-8(13)5-9(10)12/h3-6,15H,1-2H3. The number of rotatable bonds is 3. The van der Waals surface area contributed by atoms with Crippen molar-refractivity contribution in [3.8, 4) is 0 Å². The number of benzene rings is 1. The van der Waals surface area contributed by atoms with Crippen LogP contribution in [0.2, 0.25) is 5.02 Å². The number of anilines is 1. The van der Waals surface area contributed by atoms with Gasteiger partial charge in [0.15, 0.2) is 5.03 Å². The lowest BCUT2D eigenvalue weighted by Gasteiger charge is -2.07. The molecule has 102 valence electrons. The van der Waals surface area contributed by atoms with E-state index in [1.807, 2.05) is 0 Å². The van der Waals surface area contributed by atoms with Crippen molar-refractivity contribution in [2.45, 2.75) is 11.9 Å². The Hall–Kier alpha value is -1.60. The minimum atomic E-state index is -3.84. The van der Waals surface area contributed by atoms with Crippen molar-refractivity contribution < 1.29 is 12.8 Å². The van der Waals surface area contributed by atoms with Crippen molar-refractivity contribution >= 4 is 27.3 Å². The Morgan fingerprint density at radius 2 is 2.11 bits per heavy atom. The summed E-state index contributed by atoms with van der Waals surface area (Å²) in [6, 6.07) is 3.40. The van der Waals surface area contributed by atoms with E-state index in [-0.39, 0.29) is 15.7 Å². The summed E-state index contributed by atoms with van der Waals surface area (Å²) < 4.78 is 40.9. The van der Waals surface area contributed by atoms with Gasteiger partial charge in [-0.3, -0.25) is 4.72 Å². The van der Waals surface area contributed by atoms with Gasteiger partial charge < -0.3 is 4.57 Å². The van der Waals surface area contributed by atoms with Crippen LogP contribution in [-0.4, -0.2) is 18.0 Å².